The fourth-order valence-electron chi connectivity index (χ4n) is 3.44. The van der Waals surface area contributed by atoms with E-state index in [1.165, 1.54) is 6.07 Å². The van der Waals surface area contributed by atoms with Crippen LogP contribution < -0.4 is 10.2 Å². The topological polar surface area (TPSA) is 66.3 Å². The summed E-state index contributed by atoms with van der Waals surface area (Å²) in [4.78, 5) is 20.3. The molecule has 162 valence electrons. The van der Waals surface area contributed by atoms with Crippen molar-refractivity contribution < 1.29 is 18.0 Å². The Balaban J connectivity index is 1.31. The number of piperazine rings is 1. The highest BCUT2D eigenvalue weighted by atomic mass is 19.4. The Morgan fingerprint density at radius 1 is 1.03 bits per heavy atom. The molecule has 1 aromatic carbocycles. The van der Waals surface area contributed by atoms with Crippen molar-refractivity contribution in [3.63, 3.8) is 0 Å². The second kappa shape index (κ2) is 8.66. The third-order valence-electron chi connectivity index (χ3n) is 5.10. The molecule has 3 heterocycles. The quantitative estimate of drug-likeness (QED) is 0.690. The number of nitrogens with one attached hydrogen (secondary N) is 1. The highest BCUT2D eigenvalue weighted by molar-refractivity contribution is 5.74. The van der Waals surface area contributed by atoms with Crippen LogP contribution in [0.4, 0.5) is 23.7 Å². The van der Waals surface area contributed by atoms with Gasteiger partial charge in [0.05, 0.1) is 5.56 Å². The van der Waals surface area contributed by atoms with E-state index in [4.69, 9.17) is 0 Å². The normalized spacial score (nSPS) is 14.5. The number of carbonyl (C=O) groups excluding carboxylic acids is 1. The van der Waals surface area contributed by atoms with E-state index < -0.39 is 11.7 Å². The number of halogens is 3. The molecule has 0 unspecified atom stereocenters. The molecule has 1 fully saturated rings. The molecule has 0 saturated carbocycles. The molecule has 1 aliphatic rings. The maximum Gasteiger partial charge on any atom is 0.416 e. The Hall–Kier alpha value is -3.56. The summed E-state index contributed by atoms with van der Waals surface area (Å²) in [5.41, 5.74) is 0.728. The van der Waals surface area contributed by atoms with E-state index in [0.717, 1.165) is 17.7 Å². The van der Waals surface area contributed by atoms with E-state index >= 15 is 0 Å². The first-order valence-electron chi connectivity index (χ1n) is 9.80. The SMILES string of the molecule is O=C(NCc1ccnc(-n2cccn2)c1)N1CCN(c2cccc(C(F)(F)F)c2)CC1. The number of urea groups is 1. The molecule has 0 atom stereocenters. The van der Waals surface area contributed by atoms with Crippen molar-refractivity contribution in [3.8, 4) is 5.82 Å². The van der Waals surface area contributed by atoms with Gasteiger partial charge in [-0.05, 0) is 42.0 Å². The van der Waals surface area contributed by atoms with Gasteiger partial charge in [-0.15, -0.1) is 0 Å². The predicted molar refractivity (Wildman–Crippen MR) is 109 cm³/mol. The summed E-state index contributed by atoms with van der Waals surface area (Å²) < 4.78 is 40.5. The minimum Gasteiger partial charge on any atom is -0.368 e. The fraction of sp³-hybridized carbons (Fsp3) is 0.286. The van der Waals surface area contributed by atoms with E-state index in [-0.39, 0.29) is 6.03 Å². The first-order valence-corrected chi connectivity index (χ1v) is 9.80. The predicted octanol–water partition coefficient (Wildman–Crippen LogP) is 3.32. The zero-order valence-corrected chi connectivity index (χ0v) is 16.6. The van der Waals surface area contributed by atoms with Crippen molar-refractivity contribution in [2.75, 3.05) is 31.1 Å². The lowest BCUT2D eigenvalue weighted by Crippen LogP contribution is -2.51. The fourth-order valence-corrected chi connectivity index (χ4v) is 3.44. The second-order valence-corrected chi connectivity index (χ2v) is 7.15. The van der Waals surface area contributed by atoms with Crippen LogP contribution in [0.2, 0.25) is 0 Å². The number of amides is 2. The summed E-state index contributed by atoms with van der Waals surface area (Å²) in [6.07, 6.45) is 0.734. The van der Waals surface area contributed by atoms with Gasteiger partial charge in [0.1, 0.15) is 0 Å². The van der Waals surface area contributed by atoms with Crippen LogP contribution in [-0.4, -0.2) is 51.9 Å². The average Bonchev–Trinajstić information content (AvgIpc) is 3.32. The van der Waals surface area contributed by atoms with Gasteiger partial charge in [-0.3, -0.25) is 0 Å². The van der Waals surface area contributed by atoms with E-state index in [1.54, 1.807) is 40.3 Å². The van der Waals surface area contributed by atoms with Crippen LogP contribution in [0.15, 0.2) is 61.1 Å². The Kier molecular flexibility index (Phi) is 5.79. The first-order chi connectivity index (χ1) is 14.9. The molecule has 0 aliphatic carbocycles. The number of hydrogen-bond donors (Lipinski definition) is 1. The van der Waals surface area contributed by atoms with Crippen molar-refractivity contribution in [2.45, 2.75) is 12.7 Å². The van der Waals surface area contributed by atoms with E-state index in [1.807, 2.05) is 17.0 Å². The lowest BCUT2D eigenvalue weighted by atomic mass is 10.1. The van der Waals surface area contributed by atoms with Gasteiger partial charge < -0.3 is 15.1 Å². The van der Waals surface area contributed by atoms with E-state index in [0.29, 0.717) is 44.2 Å². The van der Waals surface area contributed by atoms with Gasteiger partial charge in [0, 0.05) is 57.0 Å². The Bertz CT molecular complexity index is 1030. The van der Waals surface area contributed by atoms with Gasteiger partial charge in [0.15, 0.2) is 5.82 Å². The molecule has 2 aromatic heterocycles. The number of aromatic nitrogens is 3. The lowest BCUT2D eigenvalue weighted by molar-refractivity contribution is -0.137. The van der Waals surface area contributed by atoms with Crippen LogP contribution in [-0.2, 0) is 12.7 Å². The molecule has 2 amide bonds. The minimum absolute atomic E-state index is 0.207. The number of hydrogen-bond acceptors (Lipinski definition) is 4. The smallest absolute Gasteiger partial charge is 0.368 e. The lowest BCUT2D eigenvalue weighted by Gasteiger charge is -2.36. The van der Waals surface area contributed by atoms with Gasteiger partial charge in [-0.25, -0.2) is 14.5 Å². The Labute approximate surface area is 177 Å². The number of carbonyl (C=O) groups is 1. The van der Waals surface area contributed by atoms with Gasteiger partial charge in [0.2, 0.25) is 0 Å². The van der Waals surface area contributed by atoms with Crippen LogP contribution in [0.3, 0.4) is 0 Å². The van der Waals surface area contributed by atoms with E-state index in [2.05, 4.69) is 15.4 Å². The van der Waals surface area contributed by atoms with Crippen LogP contribution in [0, 0.1) is 0 Å². The second-order valence-electron chi connectivity index (χ2n) is 7.15. The summed E-state index contributed by atoms with van der Waals surface area (Å²) in [7, 11) is 0. The monoisotopic (exact) mass is 430 g/mol. The highest BCUT2D eigenvalue weighted by Crippen LogP contribution is 2.31. The zero-order valence-electron chi connectivity index (χ0n) is 16.6. The van der Waals surface area contributed by atoms with E-state index in [9.17, 15) is 18.0 Å². The molecule has 1 N–H and O–H groups in total. The molecule has 7 nitrogen and oxygen atoms in total. The average molecular weight is 430 g/mol. The first kappa shape index (κ1) is 20.7. The molecule has 0 spiro atoms. The number of alkyl halides is 3. The van der Waals surface area contributed by atoms with Crippen molar-refractivity contribution in [2.24, 2.45) is 0 Å². The minimum atomic E-state index is -4.37. The van der Waals surface area contributed by atoms with Crippen LogP contribution in [0.5, 0.6) is 0 Å². The standard InChI is InChI=1S/C21H21F3N6O/c22-21(23,24)17-3-1-4-18(14-17)28-9-11-29(12-10-28)20(31)26-15-16-5-7-25-19(13-16)30-8-2-6-27-30/h1-8,13-14H,9-12,15H2,(H,26,31). The summed E-state index contributed by atoms with van der Waals surface area (Å²) >= 11 is 0. The third-order valence-corrected chi connectivity index (χ3v) is 5.10. The zero-order chi connectivity index (χ0) is 21.8. The van der Waals surface area contributed by atoms with Crippen molar-refractivity contribution in [3.05, 3.63) is 72.2 Å². The van der Waals surface area contributed by atoms with Crippen molar-refractivity contribution in [1.29, 1.82) is 0 Å². The third kappa shape index (κ3) is 4.96. The highest BCUT2D eigenvalue weighted by Gasteiger charge is 2.31. The Morgan fingerprint density at radius 3 is 2.55 bits per heavy atom. The molecule has 10 heteroatoms. The summed E-state index contributed by atoms with van der Waals surface area (Å²) in [6, 6.07) is 10.5. The maximum absolute atomic E-state index is 12.9. The van der Waals surface area contributed by atoms with Crippen LogP contribution in [0.1, 0.15) is 11.1 Å². The number of rotatable bonds is 4. The summed E-state index contributed by atoms with van der Waals surface area (Å²) in [6.45, 7) is 2.12. The number of pyridine rings is 1. The van der Waals surface area contributed by atoms with Crippen LogP contribution in [0.25, 0.3) is 5.82 Å². The molecule has 1 saturated heterocycles. The molecule has 4 rings (SSSR count). The van der Waals surface area contributed by atoms with Crippen LogP contribution >= 0.6 is 0 Å². The summed E-state index contributed by atoms with van der Waals surface area (Å²) in [5, 5.41) is 7.03. The largest absolute Gasteiger partial charge is 0.416 e. The molecule has 1 aliphatic heterocycles. The van der Waals surface area contributed by atoms with Crippen molar-refractivity contribution in [1.82, 2.24) is 25.0 Å². The van der Waals surface area contributed by atoms with Gasteiger partial charge >= 0.3 is 12.2 Å². The Morgan fingerprint density at radius 2 is 1.84 bits per heavy atom. The molecule has 0 radical (unpaired) electrons. The number of nitrogens with zero attached hydrogens (tertiary/aromatic N) is 5. The van der Waals surface area contributed by atoms with Gasteiger partial charge in [0.25, 0.3) is 0 Å². The maximum atomic E-state index is 12.9. The van der Waals surface area contributed by atoms with Gasteiger partial charge in [-0.2, -0.15) is 18.3 Å². The number of benzene rings is 1. The molecule has 3 aromatic rings. The summed E-state index contributed by atoms with van der Waals surface area (Å²) in [5.74, 6) is 0.659. The number of anilines is 1. The van der Waals surface area contributed by atoms with Gasteiger partial charge in [-0.1, -0.05) is 6.07 Å². The molecular formula is C21H21F3N6O. The van der Waals surface area contributed by atoms with Crippen molar-refractivity contribution >= 4 is 11.7 Å². The molecule has 31 heavy (non-hydrogen) atoms. The molecule has 0 bridgehead atoms. The molecular weight excluding hydrogens is 409 g/mol.